The standard InChI is InChI=1S/C21H21N7O2/c1-3-29-16-6-4-15(5-7-16)24-21-25-20-18(22-8-9-28(20)26-21)14-12-17-19(23-13-14)27(2)10-11-30-17/h4-9,12-13H,3,10-11H2,1-2H3,(H,24,26). The molecule has 1 aromatic carbocycles. The number of benzene rings is 1. The third-order valence-corrected chi connectivity index (χ3v) is 4.83. The van der Waals surface area contributed by atoms with Gasteiger partial charge in [0.05, 0.1) is 13.2 Å². The van der Waals surface area contributed by atoms with Crippen molar-refractivity contribution < 1.29 is 9.47 Å². The quantitative estimate of drug-likeness (QED) is 0.544. The van der Waals surface area contributed by atoms with Crippen LogP contribution in [0.4, 0.5) is 17.5 Å². The van der Waals surface area contributed by atoms with Crippen molar-refractivity contribution in [1.29, 1.82) is 0 Å². The second kappa shape index (κ2) is 7.51. The van der Waals surface area contributed by atoms with Crippen molar-refractivity contribution in [3.8, 4) is 22.8 Å². The lowest BCUT2D eigenvalue weighted by Crippen LogP contribution is -2.29. The fraction of sp³-hybridized carbons (Fsp3) is 0.238. The smallest absolute Gasteiger partial charge is 0.247 e. The first-order valence-corrected chi connectivity index (χ1v) is 9.77. The second-order valence-corrected chi connectivity index (χ2v) is 6.88. The predicted molar refractivity (Wildman–Crippen MR) is 114 cm³/mol. The summed E-state index contributed by atoms with van der Waals surface area (Å²) in [6.45, 7) is 4.04. The summed E-state index contributed by atoms with van der Waals surface area (Å²) < 4.78 is 13.0. The third kappa shape index (κ3) is 3.34. The molecule has 9 nitrogen and oxygen atoms in total. The maximum atomic E-state index is 5.78. The van der Waals surface area contributed by atoms with Gasteiger partial charge in [0.15, 0.2) is 17.2 Å². The molecule has 1 N–H and O–H groups in total. The van der Waals surface area contributed by atoms with Gasteiger partial charge in [0.1, 0.15) is 18.1 Å². The van der Waals surface area contributed by atoms with Crippen molar-refractivity contribution in [2.24, 2.45) is 0 Å². The van der Waals surface area contributed by atoms with Crippen LogP contribution in [0.1, 0.15) is 6.92 Å². The summed E-state index contributed by atoms with van der Waals surface area (Å²) in [5.74, 6) is 2.88. The second-order valence-electron chi connectivity index (χ2n) is 6.88. The molecule has 0 amide bonds. The zero-order chi connectivity index (χ0) is 20.5. The van der Waals surface area contributed by atoms with Crippen molar-refractivity contribution in [3.63, 3.8) is 0 Å². The Kier molecular flexibility index (Phi) is 4.55. The minimum Gasteiger partial charge on any atom is -0.494 e. The van der Waals surface area contributed by atoms with Crippen LogP contribution in [0.25, 0.3) is 16.9 Å². The average molecular weight is 403 g/mol. The zero-order valence-electron chi connectivity index (χ0n) is 16.7. The number of hydrogen-bond donors (Lipinski definition) is 1. The Balaban J connectivity index is 1.47. The number of hydrogen-bond acceptors (Lipinski definition) is 8. The normalized spacial score (nSPS) is 13.1. The van der Waals surface area contributed by atoms with Crippen LogP contribution in [0.3, 0.4) is 0 Å². The molecular formula is C21H21N7O2. The minimum absolute atomic E-state index is 0.482. The molecule has 30 heavy (non-hydrogen) atoms. The number of ether oxygens (including phenoxy) is 2. The Morgan fingerprint density at radius 2 is 2.07 bits per heavy atom. The van der Waals surface area contributed by atoms with E-state index >= 15 is 0 Å². The first-order chi connectivity index (χ1) is 14.7. The molecule has 0 spiro atoms. The van der Waals surface area contributed by atoms with Crippen molar-refractivity contribution >= 4 is 23.1 Å². The molecular weight excluding hydrogens is 382 g/mol. The molecule has 0 radical (unpaired) electrons. The lowest BCUT2D eigenvalue weighted by molar-refractivity contribution is 0.309. The van der Waals surface area contributed by atoms with Gasteiger partial charge in [-0.25, -0.2) is 9.50 Å². The van der Waals surface area contributed by atoms with Crippen LogP contribution >= 0.6 is 0 Å². The maximum Gasteiger partial charge on any atom is 0.247 e. The number of anilines is 3. The monoisotopic (exact) mass is 403 g/mol. The van der Waals surface area contributed by atoms with Crippen molar-refractivity contribution in [2.75, 3.05) is 37.0 Å². The number of nitrogens with zero attached hydrogens (tertiary/aromatic N) is 6. The van der Waals surface area contributed by atoms with Crippen molar-refractivity contribution in [1.82, 2.24) is 24.6 Å². The highest BCUT2D eigenvalue weighted by molar-refractivity contribution is 5.76. The van der Waals surface area contributed by atoms with E-state index in [-0.39, 0.29) is 0 Å². The van der Waals surface area contributed by atoms with E-state index in [9.17, 15) is 0 Å². The van der Waals surface area contributed by atoms with Gasteiger partial charge in [-0.3, -0.25) is 4.98 Å². The van der Waals surface area contributed by atoms with Crippen molar-refractivity contribution in [2.45, 2.75) is 6.92 Å². The third-order valence-electron chi connectivity index (χ3n) is 4.83. The topological polar surface area (TPSA) is 89.7 Å². The van der Waals surface area contributed by atoms with E-state index in [0.29, 0.717) is 30.5 Å². The SMILES string of the molecule is CCOc1ccc(Nc2nc3c(-c4cnc5c(c4)OCCN5C)nccn3n2)cc1. The summed E-state index contributed by atoms with van der Waals surface area (Å²) in [6, 6.07) is 9.62. The molecule has 0 bridgehead atoms. The molecule has 4 heterocycles. The van der Waals surface area contributed by atoms with Crippen LogP contribution in [0, 0.1) is 0 Å². The molecule has 1 aliphatic rings. The molecule has 4 aromatic rings. The Bertz CT molecular complexity index is 1190. The first-order valence-electron chi connectivity index (χ1n) is 9.77. The van der Waals surface area contributed by atoms with Gasteiger partial charge in [-0.15, -0.1) is 5.10 Å². The van der Waals surface area contributed by atoms with E-state index in [2.05, 4.69) is 30.3 Å². The van der Waals surface area contributed by atoms with Crippen LogP contribution in [-0.2, 0) is 0 Å². The molecule has 0 saturated heterocycles. The van der Waals surface area contributed by atoms with Crippen molar-refractivity contribution in [3.05, 3.63) is 48.9 Å². The number of nitrogens with one attached hydrogen (secondary N) is 1. The highest BCUT2D eigenvalue weighted by atomic mass is 16.5. The van der Waals surface area contributed by atoms with Gasteiger partial charge >= 0.3 is 0 Å². The number of aromatic nitrogens is 5. The van der Waals surface area contributed by atoms with Crippen LogP contribution < -0.4 is 19.7 Å². The van der Waals surface area contributed by atoms with Crippen LogP contribution in [-0.4, -0.2) is 51.4 Å². The molecule has 1 aliphatic heterocycles. The highest BCUT2D eigenvalue weighted by Crippen LogP contribution is 2.33. The Morgan fingerprint density at radius 1 is 1.20 bits per heavy atom. The van der Waals surface area contributed by atoms with E-state index in [1.807, 2.05) is 44.3 Å². The lowest BCUT2D eigenvalue weighted by Gasteiger charge is -2.26. The molecule has 0 aliphatic carbocycles. The molecule has 0 unspecified atom stereocenters. The fourth-order valence-corrected chi connectivity index (χ4v) is 3.36. The van der Waals surface area contributed by atoms with E-state index in [4.69, 9.17) is 9.47 Å². The van der Waals surface area contributed by atoms with Gasteiger partial charge in [-0.2, -0.15) is 4.98 Å². The Morgan fingerprint density at radius 3 is 2.90 bits per heavy atom. The largest absolute Gasteiger partial charge is 0.494 e. The summed E-state index contributed by atoms with van der Waals surface area (Å²) in [4.78, 5) is 15.8. The average Bonchev–Trinajstić information content (AvgIpc) is 3.18. The lowest BCUT2D eigenvalue weighted by atomic mass is 10.2. The van der Waals surface area contributed by atoms with Crippen LogP contribution in [0.2, 0.25) is 0 Å². The molecule has 9 heteroatoms. The molecule has 0 saturated carbocycles. The number of rotatable bonds is 5. The summed E-state index contributed by atoms with van der Waals surface area (Å²) in [7, 11) is 2.00. The van der Waals surface area contributed by atoms with E-state index in [1.54, 1.807) is 23.1 Å². The summed E-state index contributed by atoms with van der Waals surface area (Å²) in [5, 5.41) is 7.74. The molecule has 0 fully saturated rings. The van der Waals surface area contributed by atoms with Gasteiger partial charge in [-0.05, 0) is 37.3 Å². The maximum absolute atomic E-state index is 5.78. The highest BCUT2D eigenvalue weighted by Gasteiger charge is 2.19. The molecule has 5 rings (SSSR count). The molecule has 152 valence electrons. The molecule has 0 atom stereocenters. The minimum atomic E-state index is 0.482. The van der Waals surface area contributed by atoms with E-state index < -0.39 is 0 Å². The number of likely N-dealkylation sites (N-methyl/N-ethyl adjacent to an activating group) is 1. The zero-order valence-corrected chi connectivity index (χ0v) is 16.7. The van der Waals surface area contributed by atoms with Gasteiger partial charge in [0, 0.05) is 36.9 Å². The van der Waals surface area contributed by atoms with Crippen LogP contribution in [0.15, 0.2) is 48.9 Å². The molecule has 3 aromatic heterocycles. The van der Waals surface area contributed by atoms with Gasteiger partial charge in [0.25, 0.3) is 0 Å². The van der Waals surface area contributed by atoms with E-state index in [1.165, 1.54) is 0 Å². The number of pyridine rings is 1. The fourth-order valence-electron chi connectivity index (χ4n) is 3.36. The summed E-state index contributed by atoms with van der Waals surface area (Å²) >= 11 is 0. The first kappa shape index (κ1) is 18.2. The van der Waals surface area contributed by atoms with E-state index in [0.717, 1.165) is 35.1 Å². The predicted octanol–water partition coefficient (Wildman–Crippen LogP) is 3.16. The number of fused-ring (bicyclic) bond motifs is 2. The van der Waals surface area contributed by atoms with Crippen LogP contribution in [0.5, 0.6) is 11.5 Å². The van der Waals surface area contributed by atoms with Gasteiger partial charge in [-0.1, -0.05) is 0 Å². The van der Waals surface area contributed by atoms with Gasteiger partial charge in [0.2, 0.25) is 5.95 Å². The Labute approximate surface area is 173 Å². The summed E-state index contributed by atoms with van der Waals surface area (Å²) in [6.07, 6.45) is 5.26. The van der Waals surface area contributed by atoms with Gasteiger partial charge < -0.3 is 19.7 Å². The summed E-state index contributed by atoms with van der Waals surface area (Å²) in [5.41, 5.74) is 3.03. The Hall–Kier alpha value is -3.88.